The third-order valence-corrected chi connectivity index (χ3v) is 3.81. The van der Waals surface area contributed by atoms with Gasteiger partial charge in [0.25, 0.3) is 0 Å². The van der Waals surface area contributed by atoms with Crippen molar-refractivity contribution in [2.75, 3.05) is 26.2 Å². The minimum Gasteiger partial charge on any atom is -0.444 e. The number of carbonyl (C=O) groups is 1. The van der Waals surface area contributed by atoms with Crippen molar-refractivity contribution < 1.29 is 9.53 Å². The highest BCUT2D eigenvalue weighted by molar-refractivity contribution is 14.0. The molecule has 2 N–H and O–H groups in total. The summed E-state index contributed by atoms with van der Waals surface area (Å²) in [6.45, 7) is 10.8. The minimum absolute atomic E-state index is 0. The van der Waals surface area contributed by atoms with Gasteiger partial charge in [-0.05, 0) is 59.3 Å². The molecule has 0 aromatic rings. The van der Waals surface area contributed by atoms with Gasteiger partial charge in [-0.15, -0.1) is 24.0 Å². The van der Waals surface area contributed by atoms with Gasteiger partial charge < -0.3 is 20.3 Å². The number of carbonyl (C=O) groups excluding carboxylic acids is 1. The number of aliphatic imine (C=N–C) groups is 1. The molecule has 0 bridgehead atoms. The fourth-order valence-electron chi connectivity index (χ4n) is 2.29. The van der Waals surface area contributed by atoms with Gasteiger partial charge in [0.15, 0.2) is 5.96 Å². The van der Waals surface area contributed by atoms with Crippen LogP contribution in [0.25, 0.3) is 0 Å². The molecule has 0 atom stereocenters. The number of rotatable bonds is 7. The van der Waals surface area contributed by atoms with E-state index in [2.05, 4.69) is 22.5 Å². The number of halogens is 1. The van der Waals surface area contributed by atoms with Crippen molar-refractivity contribution in [1.82, 2.24) is 15.5 Å². The molecule has 0 aromatic carbocycles. The van der Waals surface area contributed by atoms with Crippen LogP contribution in [-0.2, 0) is 4.74 Å². The van der Waals surface area contributed by atoms with Crippen LogP contribution in [0.4, 0.5) is 4.79 Å². The smallest absolute Gasteiger partial charge is 0.410 e. The number of amides is 1. The molecule has 0 spiro atoms. The van der Waals surface area contributed by atoms with E-state index in [-0.39, 0.29) is 30.1 Å². The lowest BCUT2D eigenvalue weighted by Crippen LogP contribution is -2.45. The van der Waals surface area contributed by atoms with Crippen LogP contribution in [-0.4, -0.2) is 54.8 Å². The van der Waals surface area contributed by atoms with Gasteiger partial charge in [0.1, 0.15) is 5.60 Å². The van der Waals surface area contributed by atoms with Crippen molar-refractivity contribution >= 4 is 36.0 Å². The molecule has 2 aliphatic rings. The zero-order valence-electron chi connectivity index (χ0n) is 15.4. The molecule has 2 saturated carbocycles. The number of ether oxygens (including phenoxy) is 1. The van der Waals surface area contributed by atoms with Crippen molar-refractivity contribution in [1.29, 1.82) is 0 Å². The molecule has 0 radical (unpaired) electrons. The Morgan fingerprint density at radius 3 is 2.38 bits per heavy atom. The summed E-state index contributed by atoms with van der Waals surface area (Å²) in [6, 6.07) is 0.345. The standard InChI is InChI=1S/C17H32N4O2.HI/c1-5-18-15(20-12-13-6-7-13)19-10-11-21(14-8-9-14)16(22)23-17(2,3)4;/h13-14H,5-12H2,1-4H3,(H2,18,19,20);1H. The van der Waals surface area contributed by atoms with Gasteiger partial charge in [0.2, 0.25) is 0 Å². The summed E-state index contributed by atoms with van der Waals surface area (Å²) < 4.78 is 5.51. The van der Waals surface area contributed by atoms with E-state index in [1.165, 1.54) is 12.8 Å². The molecular formula is C17H33IN4O2. The molecule has 0 unspecified atom stereocenters. The van der Waals surface area contributed by atoms with Crippen LogP contribution in [0.2, 0.25) is 0 Å². The van der Waals surface area contributed by atoms with Gasteiger partial charge in [-0.3, -0.25) is 4.99 Å². The van der Waals surface area contributed by atoms with Gasteiger partial charge in [0.05, 0.1) is 0 Å². The third-order valence-electron chi connectivity index (χ3n) is 3.81. The van der Waals surface area contributed by atoms with E-state index in [1.54, 1.807) is 0 Å². The lowest BCUT2D eigenvalue weighted by atomic mass is 10.2. The molecule has 0 aromatic heterocycles. The predicted octanol–water partition coefficient (Wildman–Crippen LogP) is 2.97. The normalized spacial score (nSPS) is 17.8. The quantitative estimate of drug-likeness (QED) is 0.354. The molecular weight excluding hydrogens is 419 g/mol. The summed E-state index contributed by atoms with van der Waals surface area (Å²) in [5.74, 6) is 1.62. The lowest BCUT2D eigenvalue weighted by molar-refractivity contribution is 0.0238. The number of hydrogen-bond acceptors (Lipinski definition) is 3. The second-order valence-corrected chi connectivity index (χ2v) is 7.49. The van der Waals surface area contributed by atoms with Gasteiger partial charge in [-0.25, -0.2) is 4.79 Å². The Kier molecular flexibility index (Phi) is 8.59. The summed E-state index contributed by atoms with van der Waals surface area (Å²) in [6.07, 6.45) is 4.56. The molecule has 2 rings (SSSR count). The SMILES string of the molecule is CCNC(=NCC1CC1)NCCN(C(=O)OC(C)(C)C)C1CC1.I. The van der Waals surface area contributed by atoms with Gasteiger partial charge in [0, 0.05) is 32.2 Å². The first-order valence-corrected chi connectivity index (χ1v) is 8.91. The largest absolute Gasteiger partial charge is 0.444 e. The third kappa shape index (κ3) is 8.39. The molecule has 6 nitrogen and oxygen atoms in total. The molecule has 0 saturated heterocycles. The Balaban J connectivity index is 0.00000288. The summed E-state index contributed by atoms with van der Waals surface area (Å²) in [4.78, 5) is 18.7. The Morgan fingerprint density at radius 1 is 1.21 bits per heavy atom. The average molecular weight is 452 g/mol. The van der Waals surface area contributed by atoms with Crippen molar-refractivity contribution in [2.45, 2.75) is 65.0 Å². The van der Waals surface area contributed by atoms with E-state index in [9.17, 15) is 4.79 Å². The topological polar surface area (TPSA) is 66.0 Å². The molecule has 2 fully saturated rings. The first kappa shape index (κ1) is 21.3. The van der Waals surface area contributed by atoms with Crippen LogP contribution in [0.15, 0.2) is 4.99 Å². The molecule has 1 amide bonds. The number of hydrogen-bond donors (Lipinski definition) is 2. The van der Waals surface area contributed by atoms with Crippen LogP contribution >= 0.6 is 24.0 Å². The maximum absolute atomic E-state index is 12.3. The maximum Gasteiger partial charge on any atom is 0.410 e. The molecule has 7 heteroatoms. The fourth-order valence-corrected chi connectivity index (χ4v) is 2.29. The van der Waals surface area contributed by atoms with E-state index in [1.807, 2.05) is 25.7 Å². The van der Waals surface area contributed by atoms with Gasteiger partial charge in [-0.2, -0.15) is 0 Å². The van der Waals surface area contributed by atoms with Crippen LogP contribution in [0.1, 0.15) is 53.4 Å². The highest BCUT2D eigenvalue weighted by Gasteiger charge is 2.34. The first-order chi connectivity index (χ1) is 10.9. The molecule has 2 aliphatic carbocycles. The van der Waals surface area contributed by atoms with Crippen molar-refractivity contribution in [3.05, 3.63) is 0 Å². The Hall–Kier alpha value is -0.730. The zero-order valence-corrected chi connectivity index (χ0v) is 17.8. The first-order valence-electron chi connectivity index (χ1n) is 8.91. The van der Waals surface area contributed by atoms with E-state index < -0.39 is 5.60 Å². The summed E-state index contributed by atoms with van der Waals surface area (Å²) in [5.41, 5.74) is -0.446. The molecule has 24 heavy (non-hydrogen) atoms. The Labute approximate surface area is 163 Å². The summed E-state index contributed by atoms with van der Waals surface area (Å²) in [7, 11) is 0. The zero-order chi connectivity index (χ0) is 16.9. The van der Waals surface area contributed by atoms with Crippen molar-refractivity contribution in [3.63, 3.8) is 0 Å². The Bertz CT molecular complexity index is 429. The number of nitrogens with zero attached hydrogens (tertiary/aromatic N) is 2. The fraction of sp³-hybridized carbons (Fsp3) is 0.882. The monoisotopic (exact) mass is 452 g/mol. The van der Waals surface area contributed by atoms with Gasteiger partial charge >= 0.3 is 6.09 Å². The highest BCUT2D eigenvalue weighted by Crippen LogP contribution is 2.29. The van der Waals surface area contributed by atoms with Crippen LogP contribution < -0.4 is 10.6 Å². The molecule has 140 valence electrons. The maximum atomic E-state index is 12.3. The van der Waals surface area contributed by atoms with Crippen molar-refractivity contribution in [3.8, 4) is 0 Å². The minimum atomic E-state index is -0.446. The summed E-state index contributed by atoms with van der Waals surface area (Å²) >= 11 is 0. The predicted molar refractivity (Wildman–Crippen MR) is 108 cm³/mol. The summed E-state index contributed by atoms with van der Waals surface area (Å²) in [5, 5.41) is 6.58. The lowest BCUT2D eigenvalue weighted by Gasteiger charge is -2.27. The van der Waals surface area contributed by atoms with E-state index >= 15 is 0 Å². The van der Waals surface area contributed by atoms with E-state index in [0.717, 1.165) is 37.8 Å². The van der Waals surface area contributed by atoms with Crippen LogP contribution in [0, 0.1) is 5.92 Å². The second kappa shape index (κ2) is 9.68. The second-order valence-electron chi connectivity index (χ2n) is 7.49. The van der Waals surface area contributed by atoms with Crippen LogP contribution in [0.3, 0.4) is 0 Å². The Morgan fingerprint density at radius 2 is 1.88 bits per heavy atom. The number of nitrogens with one attached hydrogen (secondary N) is 2. The highest BCUT2D eigenvalue weighted by atomic mass is 127. The van der Waals surface area contributed by atoms with Gasteiger partial charge in [-0.1, -0.05) is 0 Å². The van der Waals surface area contributed by atoms with Crippen LogP contribution in [0.5, 0.6) is 0 Å². The number of guanidine groups is 1. The molecule has 0 heterocycles. The van der Waals surface area contributed by atoms with Crippen molar-refractivity contribution in [2.24, 2.45) is 10.9 Å². The van der Waals surface area contributed by atoms with E-state index in [4.69, 9.17) is 4.74 Å². The average Bonchev–Trinajstić information content (AvgIpc) is 3.33. The van der Waals surface area contributed by atoms with E-state index in [0.29, 0.717) is 19.1 Å². The molecule has 0 aliphatic heterocycles.